The molecule has 108 valence electrons. The van der Waals surface area contributed by atoms with Crippen molar-refractivity contribution >= 4 is 21.4 Å². The normalized spacial score (nSPS) is 12.8. The molecule has 0 amide bonds. The van der Waals surface area contributed by atoms with Crippen LogP contribution in [0.4, 0.5) is 13.2 Å². The van der Waals surface area contributed by atoms with Gasteiger partial charge in [0.05, 0.1) is 0 Å². The van der Waals surface area contributed by atoms with Gasteiger partial charge in [0.15, 0.2) is 0 Å². The fourth-order valence-corrected chi connectivity index (χ4v) is 3.41. The molecule has 0 bridgehead atoms. The molecule has 1 atom stereocenters. The van der Waals surface area contributed by atoms with Crippen molar-refractivity contribution in [3.8, 4) is 0 Å². The van der Waals surface area contributed by atoms with Crippen LogP contribution in [0.25, 0.3) is 10.1 Å². The second kappa shape index (κ2) is 5.50. The van der Waals surface area contributed by atoms with E-state index in [1.165, 1.54) is 0 Å². The van der Waals surface area contributed by atoms with E-state index in [4.69, 9.17) is 5.73 Å². The zero-order chi connectivity index (χ0) is 15.0. The zero-order valence-corrected chi connectivity index (χ0v) is 11.8. The monoisotopic (exact) mass is 307 g/mol. The van der Waals surface area contributed by atoms with E-state index in [1.54, 1.807) is 11.3 Å². The second-order valence-corrected chi connectivity index (χ2v) is 5.76. The second-order valence-electron chi connectivity index (χ2n) is 4.85. The van der Waals surface area contributed by atoms with Gasteiger partial charge in [0, 0.05) is 28.4 Å². The average Bonchev–Trinajstić information content (AvgIpc) is 2.81. The van der Waals surface area contributed by atoms with Crippen molar-refractivity contribution in [2.24, 2.45) is 5.73 Å². The van der Waals surface area contributed by atoms with Gasteiger partial charge in [-0.25, -0.2) is 13.2 Å². The van der Waals surface area contributed by atoms with Gasteiger partial charge in [0.1, 0.15) is 17.5 Å². The van der Waals surface area contributed by atoms with Gasteiger partial charge in [-0.1, -0.05) is 18.2 Å². The maximum absolute atomic E-state index is 13.7. The predicted molar refractivity (Wildman–Crippen MR) is 78.8 cm³/mol. The average molecular weight is 307 g/mol. The van der Waals surface area contributed by atoms with Crippen LogP contribution in [0.3, 0.4) is 0 Å². The topological polar surface area (TPSA) is 26.0 Å². The van der Waals surface area contributed by atoms with Crippen LogP contribution in [0, 0.1) is 17.5 Å². The van der Waals surface area contributed by atoms with Crippen molar-refractivity contribution in [2.45, 2.75) is 12.5 Å². The van der Waals surface area contributed by atoms with E-state index in [-0.39, 0.29) is 5.56 Å². The molecule has 5 heteroatoms. The standard InChI is InChI=1S/C16H12F3NS/c17-10-6-12(18)16(13(19)7-10)14(20)5-9-8-21-15-4-2-1-3-11(9)15/h1-4,6-8,14H,5,20H2. The van der Waals surface area contributed by atoms with Gasteiger partial charge in [0.25, 0.3) is 0 Å². The molecular formula is C16H12F3NS. The molecule has 0 aliphatic carbocycles. The molecule has 0 saturated heterocycles. The van der Waals surface area contributed by atoms with Crippen LogP contribution < -0.4 is 5.73 Å². The van der Waals surface area contributed by atoms with Crippen molar-refractivity contribution < 1.29 is 13.2 Å². The number of hydrogen-bond donors (Lipinski definition) is 1. The molecule has 1 nitrogen and oxygen atoms in total. The zero-order valence-electron chi connectivity index (χ0n) is 10.9. The van der Waals surface area contributed by atoms with Crippen molar-refractivity contribution in [1.82, 2.24) is 0 Å². The molecule has 0 fully saturated rings. The summed E-state index contributed by atoms with van der Waals surface area (Å²) in [6.07, 6.45) is 0.295. The lowest BCUT2D eigenvalue weighted by molar-refractivity contribution is 0.502. The number of halogens is 3. The summed E-state index contributed by atoms with van der Waals surface area (Å²) in [5.74, 6) is -2.83. The van der Waals surface area contributed by atoms with Crippen molar-refractivity contribution in [1.29, 1.82) is 0 Å². The molecule has 2 N–H and O–H groups in total. The smallest absolute Gasteiger partial charge is 0.133 e. The third kappa shape index (κ3) is 2.66. The summed E-state index contributed by atoms with van der Waals surface area (Å²) in [6.45, 7) is 0. The molecule has 0 saturated carbocycles. The van der Waals surface area contributed by atoms with Crippen molar-refractivity contribution in [3.63, 3.8) is 0 Å². The summed E-state index contributed by atoms with van der Waals surface area (Å²) in [5.41, 5.74) is 6.60. The number of hydrogen-bond acceptors (Lipinski definition) is 2. The minimum atomic E-state index is -0.945. The summed E-state index contributed by atoms with van der Waals surface area (Å²) in [7, 11) is 0. The first-order valence-electron chi connectivity index (χ1n) is 6.41. The highest BCUT2D eigenvalue weighted by Gasteiger charge is 2.19. The van der Waals surface area contributed by atoms with Crippen LogP contribution in [-0.4, -0.2) is 0 Å². The largest absolute Gasteiger partial charge is 0.323 e. The highest BCUT2D eigenvalue weighted by Crippen LogP contribution is 2.30. The molecule has 0 radical (unpaired) electrons. The Morgan fingerprint density at radius 1 is 1.05 bits per heavy atom. The Morgan fingerprint density at radius 2 is 1.71 bits per heavy atom. The molecule has 0 aliphatic rings. The SMILES string of the molecule is NC(Cc1csc2ccccc12)c1c(F)cc(F)cc1F. The number of fused-ring (bicyclic) bond motifs is 1. The van der Waals surface area contributed by atoms with Crippen LogP contribution in [0.5, 0.6) is 0 Å². The Morgan fingerprint density at radius 3 is 2.43 bits per heavy atom. The molecule has 1 heterocycles. The Balaban J connectivity index is 1.95. The van der Waals surface area contributed by atoms with E-state index >= 15 is 0 Å². The number of nitrogens with two attached hydrogens (primary N) is 1. The van der Waals surface area contributed by atoms with E-state index in [9.17, 15) is 13.2 Å². The molecule has 0 spiro atoms. The molecule has 21 heavy (non-hydrogen) atoms. The Bertz CT molecular complexity index is 774. The van der Waals surface area contributed by atoms with Gasteiger partial charge in [-0.15, -0.1) is 11.3 Å². The summed E-state index contributed by atoms with van der Waals surface area (Å²) in [4.78, 5) is 0. The fraction of sp³-hybridized carbons (Fsp3) is 0.125. The first kappa shape index (κ1) is 14.1. The molecule has 3 aromatic rings. The maximum atomic E-state index is 13.7. The van der Waals surface area contributed by atoms with Gasteiger partial charge in [-0.2, -0.15) is 0 Å². The molecule has 3 rings (SSSR count). The van der Waals surface area contributed by atoms with Crippen LogP contribution in [0.15, 0.2) is 41.8 Å². The van der Waals surface area contributed by atoms with Crippen LogP contribution in [0.1, 0.15) is 17.2 Å². The number of rotatable bonds is 3. The maximum Gasteiger partial charge on any atom is 0.133 e. The molecule has 1 aromatic heterocycles. The number of benzene rings is 2. The van der Waals surface area contributed by atoms with Crippen LogP contribution >= 0.6 is 11.3 Å². The quantitative estimate of drug-likeness (QED) is 0.754. The van der Waals surface area contributed by atoms with Gasteiger partial charge in [-0.3, -0.25) is 0 Å². The predicted octanol–water partition coefficient (Wildman–Crippen LogP) is 4.56. The number of thiophene rings is 1. The minimum Gasteiger partial charge on any atom is -0.323 e. The fourth-order valence-electron chi connectivity index (χ4n) is 2.44. The lowest BCUT2D eigenvalue weighted by Crippen LogP contribution is -2.17. The van der Waals surface area contributed by atoms with Gasteiger partial charge >= 0.3 is 0 Å². The third-order valence-corrected chi connectivity index (χ3v) is 4.43. The molecule has 0 aliphatic heterocycles. The summed E-state index contributed by atoms with van der Waals surface area (Å²) in [6, 6.07) is 8.22. The Kier molecular flexibility index (Phi) is 3.69. The minimum absolute atomic E-state index is 0.272. The molecule has 2 aromatic carbocycles. The molecular weight excluding hydrogens is 295 g/mol. The van der Waals surface area contributed by atoms with Gasteiger partial charge < -0.3 is 5.73 Å². The lowest BCUT2D eigenvalue weighted by atomic mass is 9.98. The highest BCUT2D eigenvalue weighted by atomic mass is 32.1. The van der Waals surface area contributed by atoms with Crippen molar-refractivity contribution in [2.75, 3.05) is 0 Å². The van der Waals surface area contributed by atoms with E-state index < -0.39 is 23.5 Å². The third-order valence-electron chi connectivity index (χ3n) is 3.42. The summed E-state index contributed by atoms with van der Waals surface area (Å²) >= 11 is 1.56. The van der Waals surface area contributed by atoms with Crippen LogP contribution in [-0.2, 0) is 6.42 Å². The Hall–Kier alpha value is -1.85. The van der Waals surface area contributed by atoms with E-state index in [2.05, 4.69) is 0 Å². The van der Waals surface area contributed by atoms with Crippen molar-refractivity contribution in [3.05, 3.63) is 70.4 Å². The van der Waals surface area contributed by atoms with E-state index in [0.717, 1.165) is 15.6 Å². The molecule has 1 unspecified atom stereocenters. The lowest BCUT2D eigenvalue weighted by Gasteiger charge is -2.14. The first-order valence-corrected chi connectivity index (χ1v) is 7.29. The first-order chi connectivity index (χ1) is 10.1. The Labute approximate surface area is 123 Å². The van der Waals surface area contributed by atoms with Gasteiger partial charge in [-0.05, 0) is 28.8 Å². The van der Waals surface area contributed by atoms with Gasteiger partial charge in [0.2, 0.25) is 0 Å². The summed E-state index contributed by atoms with van der Waals surface area (Å²) < 4.78 is 41.5. The van der Waals surface area contributed by atoms with Crippen LogP contribution in [0.2, 0.25) is 0 Å². The van der Waals surface area contributed by atoms with E-state index in [1.807, 2.05) is 29.6 Å². The highest BCUT2D eigenvalue weighted by molar-refractivity contribution is 7.17. The summed E-state index contributed by atoms with van der Waals surface area (Å²) in [5, 5.41) is 2.96. The van der Waals surface area contributed by atoms with E-state index in [0.29, 0.717) is 18.6 Å².